The predicted molar refractivity (Wildman–Crippen MR) is 64.2 cm³/mol. The van der Waals surface area contributed by atoms with E-state index in [2.05, 4.69) is 4.90 Å². The number of nitrogens with zero attached hydrogens (tertiary/aromatic N) is 1. The zero-order valence-corrected chi connectivity index (χ0v) is 10.6. The molecule has 5 heteroatoms. The fourth-order valence-corrected chi connectivity index (χ4v) is 1.75. The van der Waals surface area contributed by atoms with E-state index in [0.29, 0.717) is 25.8 Å². The molecule has 0 aromatic carbocycles. The van der Waals surface area contributed by atoms with Gasteiger partial charge < -0.3 is 14.6 Å². The van der Waals surface area contributed by atoms with E-state index in [1.165, 1.54) is 12.8 Å². The molecule has 5 nitrogen and oxygen atoms in total. The summed E-state index contributed by atoms with van der Waals surface area (Å²) in [7, 11) is 1.68. The van der Waals surface area contributed by atoms with Gasteiger partial charge in [-0.05, 0) is 19.3 Å². The molecule has 1 N–H and O–H groups in total. The van der Waals surface area contributed by atoms with Gasteiger partial charge >= 0.3 is 5.97 Å². The quantitative estimate of drug-likeness (QED) is 0.550. The Kier molecular flexibility index (Phi) is 7.16. The van der Waals surface area contributed by atoms with Gasteiger partial charge in [0.25, 0.3) is 0 Å². The Morgan fingerprint density at radius 3 is 2.65 bits per heavy atom. The van der Waals surface area contributed by atoms with Gasteiger partial charge in [0.1, 0.15) is 0 Å². The number of carbonyl (C=O) groups is 1. The number of ether oxygens (including phenoxy) is 2. The van der Waals surface area contributed by atoms with Gasteiger partial charge in [0.2, 0.25) is 0 Å². The van der Waals surface area contributed by atoms with Crippen LogP contribution in [-0.4, -0.2) is 62.0 Å². The van der Waals surface area contributed by atoms with E-state index in [4.69, 9.17) is 14.6 Å². The van der Waals surface area contributed by atoms with E-state index >= 15 is 0 Å². The molecule has 1 fully saturated rings. The molecular formula is C12H23NO4. The van der Waals surface area contributed by atoms with Crippen molar-refractivity contribution in [2.45, 2.75) is 31.7 Å². The van der Waals surface area contributed by atoms with Crippen molar-refractivity contribution in [3.63, 3.8) is 0 Å². The van der Waals surface area contributed by atoms with Gasteiger partial charge in [0.15, 0.2) is 0 Å². The summed E-state index contributed by atoms with van der Waals surface area (Å²) < 4.78 is 10.4. The van der Waals surface area contributed by atoms with Gasteiger partial charge in [-0.2, -0.15) is 0 Å². The number of carboxylic acid groups (broad SMARTS) is 1. The lowest BCUT2D eigenvalue weighted by molar-refractivity contribution is -0.137. The van der Waals surface area contributed by atoms with Gasteiger partial charge in [-0.15, -0.1) is 0 Å². The molecule has 1 saturated carbocycles. The smallest absolute Gasteiger partial charge is 0.304 e. The fraction of sp³-hybridized carbons (Fsp3) is 0.917. The molecule has 1 aliphatic rings. The van der Waals surface area contributed by atoms with E-state index in [9.17, 15) is 4.79 Å². The second-order valence-electron chi connectivity index (χ2n) is 4.37. The van der Waals surface area contributed by atoms with Crippen molar-refractivity contribution in [2.75, 3.05) is 40.0 Å². The zero-order chi connectivity index (χ0) is 12.5. The second kappa shape index (κ2) is 8.44. The minimum atomic E-state index is -0.725. The molecule has 0 saturated heterocycles. The highest BCUT2D eigenvalue weighted by molar-refractivity contribution is 5.66. The molecule has 0 unspecified atom stereocenters. The fourth-order valence-electron chi connectivity index (χ4n) is 1.75. The average Bonchev–Trinajstić information content (AvgIpc) is 3.11. The second-order valence-corrected chi connectivity index (χ2v) is 4.37. The molecule has 0 amide bonds. The molecule has 0 aromatic heterocycles. The Labute approximate surface area is 103 Å². The lowest BCUT2D eigenvalue weighted by Crippen LogP contribution is -2.32. The van der Waals surface area contributed by atoms with E-state index in [-0.39, 0.29) is 6.42 Å². The molecule has 0 aliphatic heterocycles. The predicted octanol–water partition coefficient (Wildman–Crippen LogP) is 0.979. The first-order valence-electron chi connectivity index (χ1n) is 6.26. The summed E-state index contributed by atoms with van der Waals surface area (Å²) in [5.41, 5.74) is 0. The number of methoxy groups -OCH3 is 1. The number of rotatable bonds is 11. The molecule has 0 spiro atoms. The summed E-state index contributed by atoms with van der Waals surface area (Å²) in [6, 6.07) is 0.594. The van der Waals surface area contributed by atoms with Crippen molar-refractivity contribution in [1.82, 2.24) is 4.90 Å². The van der Waals surface area contributed by atoms with Gasteiger partial charge in [0, 0.05) is 39.5 Å². The molecule has 0 radical (unpaired) electrons. The monoisotopic (exact) mass is 245 g/mol. The van der Waals surface area contributed by atoms with E-state index < -0.39 is 5.97 Å². The van der Waals surface area contributed by atoms with Crippen molar-refractivity contribution in [1.29, 1.82) is 0 Å². The molecule has 0 atom stereocenters. The van der Waals surface area contributed by atoms with Crippen LogP contribution in [0.5, 0.6) is 0 Å². The summed E-state index contributed by atoms with van der Waals surface area (Å²) in [4.78, 5) is 12.7. The molecule has 1 aliphatic carbocycles. The van der Waals surface area contributed by atoms with E-state index in [1.807, 2.05) is 0 Å². The minimum absolute atomic E-state index is 0.222. The van der Waals surface area contributed by atoms with Gasteiger partial charge in [-0.1, -0.05) is 0 Å². The van der Waals surface area contributed by atoms with Crippen molar-refractivity contribution < 1.29 is 19.4 Å². The van der Waals surface area contributed by atoms with Crippen LogP contribution in [0.3, 0.4) is 0 Å². The standard InChI is InChI=1S/C12H23NO4/c1-16-8-2-9-17-10-7-13(11-3-4-11)6-5-12(14)15/h11H,2-10H2,1H3,(H,14,15). The average molecular weight is 245 g/mol. The SMILES string of the molecule is COCCCOCCN(CCC(=O)O)C1CC1. The largest absolute Gasteiger partial charge is 0.481 e. The number of hydrogen-bond donors (Lipinski definition) is 1. The summed E-state index contributed by atoms with van der Waals surface area (Å²) in [5.74, 6) is -0.725. The van der Waals surface area contributed by atoms with Crippen LogP contribution < -0.4 is 0 Å². The number of carboxylic acids is 1. The Hall–Kier alpha value is -0.650. The molecule has 0 bridgehead atoms. The lowest BCUT2D eigenvalue weighted by atomic mass is 10.3. The maximum Gasteiger partial charge on any atom is 0.304 e. The van der Waals surface area contributed by atoms with Crippen LogP contribution in [0.15, 0.2) is 0 Å². The number of aliphatic carboxylic acids is 1. The number of hydrogen-bond acceptors (Lipinski definition) is 4. The Morgan fingerprint density at radius 1 is 1.29 bits per heavy atom. The van der Waals surface area contributed by atoms with Crippen molar-refractivity contribution >= 4 is 5.97 Å². The first kappa shape index (κ1) is 14.4. The normalized spacial score (nSPS) is 15.4. The highest BCUT2D eigenvalue weighted by Crippen LogP contribution is 2.26. The minimum Gasteiger partial charge on any atom is -0.481 e. The Balaban J connectivity index is 2.02. The highest BCUT2D eigenvalue weighted by atomic mass is 16.5. The molecule has 1 rings (SSSR count). The third-order valence-corrected chi connectivity index (χ3v) is 2.84. The van der Waals surface area contributed by atoms with Crippen LogP contribution in [0.25, 0.3) is 0 Å². The van der Waals surface area contributed by atoms with Crippen LogP contribution in [0.4, 0.5) is 0 Å². The Bertz CT molecular complexity index is 219. The maximum atomic E-state index is 10.5. The van der Waals surface area contributed by atoms with Crippen LogP contribution >= 0.6 is 0 Å². The van der Waals surface area contributed by atoms with Crippen LogP contribution in [0.1, 0.15) is 25.7 Å². The van der Waals surface area contributed by atoms with Crippen molar-refractivity contribution in [2.24, 2.45) is 0 Å². The summed E-state index contributed by atoms with van der Waals surface area (Å²) in [6.45, 7) is 3.60. The van der Waals surface area contributed by atoms with E-state index in [1.54, 1.807) is 7.11 Å². The molecule has 100 valence electrons. The zero-order valence-electron chi connectivity index (χ0n) is 10.6. The summed E-state index contributed by atoms with van der Waals surface area (Å²) >= 11 is 0. The summed E-state index contributed by atoms with van der Waals surface area (Å²) in [5, 5.41) is 8.66. The topological polar surface area (TPSA) is 59.0 Å². The first-order chi connectivity index (χ1) is 8.24. The summed E-state index contributed by atoms with van der Waals surface area (Å²) in [6.07, 6.45) is 3.53. The van der Waals surface area contributed by atoms with Crippen molar-refractivity contribution in [3.8, 4) is 0 Å². The van der Waals surface area contributed by atoms with Crippen LogP contribution in [0.2, 0.25) is 0 Å². The molecule has 0 heterocycles. The molecular weight excluding hydrogens is 222 g/mol. The molecule has 0 aromatic rings. The lowest BCUT2D eigenvalue weighted by Gasteiger charge is -2.20. The third-order valence-electron chi connectivity index (χ3n) is 2.84. The van der Waals surface area contributed by atoms with Gasteiger partial charge in [-0.25, -0.2) is 0 Å². The Morgan fingerprint density at radius 2 is 2.06 bits per heavy atom. The van der Waals surface area contributed by atoms with Crippen LogP contribution in [-0.2, 0) is 14.3 Å². The third kappa shape index (κ3) is 7.31. The van der Waals surface area contributed by atoms with Crippen LogP contribution in [0, 0.1) is 0 Å². The maximum absolute atomic E-state index is 10.5. The van der Waals surface area contributed by atoms with Gasteiger partial charge in [0.05, 0.1) is 13.0 Å². The first-order valence-corrected chi connectivity index (χ1v) is 6.26. The highest BCUT2D eigenvalue weighted by Gasteiger charge is 2.28. The van der Waals surface area contributed by atoms with Crippen molar-refractivity contribution in [3.05, 3.63) is 0 Å². The van der Waals surface area contributed by atoms with E-state index in [0.717, 1.165) is 19.6 Å². The van der Waals surface area contributed by atoms with Gasteiger partial charge in [-0.3, -0.25) is 9.69 Å². The molecule has 17 heavy (non-hydrogen) atoms.